The summed E-state index contributed by atoms with van der Waals surface area (Å²) in [5, 5.41) is 3.42. The van der Waals surface area contributed by atoms with Gasteiger partial charge in [0, 0.05) is 11.2 Å². The monoisotopic (exact) mass is 452 g/mol. The van der Waals surface area contributed by atoms with Gasteiger partial charge in [0.25, 0.3) is 0 Å². The molecule has 0 saturated heterocycles. The molecule has 4 aromatic rings. The van der Waals surface area contributed by atoms with E-state index >= 15 is 0 Å². The van der Waals surface area contributed by atoms with Gasteiger partial charge in [0.15, 0.2) is 0 Å². The van der Waals surface area contributed by atoms with E-state index < -0.39 is 16.1 Å². The van der Waals surface area contributed by atoms with E-state index in [1.807, 2.05) is 36.4 Å². The predicted octanol–water partition coefficient (Wildman–Crippen LogP) is 5.75. The van der Waals surface area contributed by atoms with Crippen LogP contribution in [-0.4, -0.2) is 13.4 Å². The topological polar surface area (TPSA) is 59.1 Å². The van der Waals surface area contributed by atoms with Crippen LogP contribution in [0.25, 0.3) is 10.8 Å². The van der Waals surface area contributed by atoms with Gasteiger partial charge in [0.1, 0.15) is 0 Å². The Labute approximate surface area is 184 Å². The minimum absolute atomic E-state index is 0.136. The van der Waals surface area contributed by atoms with E-state index in [1.54, 1.807) is 30.1 Å². The van der Waals surface area contributed by atoms with Gasteiger partial charge in [-0.2, -0.15) is 0 Å². The van der Waals surface area contributed by atoms with Crippen LogP contribution in [-0.2, 0) is 10.0 Å². The lowest BCUT2D eigenvalue weighted by molar-refractivity contribution is 0.557. The first kappa shape index (κ1) is 19.6. The van der Waals surface area contributed by atoms with E-state index in [2.05, 4.69) is 27.9 Å². The Hall–Kier alpha value is -2.38. The van der Waals surface area contributed by atoms with Crippen molar-refractivity contribution in [3.63, 3.8) is 0 Å². The smallest absolute Gasteiger partial charge is 0.241 e. The molecule has 7 heteroatoms. The van der Waals surface area contributed by atoms with Crippen molar-refractivity contribution in [3.8, 4) is 0 Å². The number of thioether (sulfide) groups is 1. The maximum atomic E-state index is 13.2. The van der Waals surface area contributed by atoms with Gasteiger partial charge >= 0.3 is 0 Å². The molecule has 2 atom stereocenters. The minimum atomic E-state index is -3.74. The molecule has 5 rings (SSSR count). The average Bonchev–Trinajstić information content (AvgIpc) is 3.04. The minimum Gasteiger partial charge on any atom is -0.250 e. The summed E-state index contributed by atoms with van der Waals surface area (Å²) in [6.45, 7) is 0. The fourth-order valence-corrected chi connectivity index (χ4v) is 6.54. The number of rotatable bonds is 5. The van der Waals surface area contributed by atoms with Crippen LogP contribution in [0.2, 0.25) is 5.02 Å². The molecular weight excluding hydrogens is 436 g/mol. The third-order valence-corrected chi connectivity index (χ3v) is 8.18. The lowest BCUT2D eigenvalue weighted by Crippen LogP contribution is -2.30. The molecule has 1 N–H and O–H groups in total. The molecule has 4 nitrogen and oxygen atoms in total. The number of halogens is 1. The van der Waals surface area contributed by atoms with Crippen molar-refractivity contribution < 1.29 is 8.42 Å². The zero-order chi connectivity index (χ0) is 20.7. The first-order chi connectivity index (χ1) is 14.5. The standard InChI is InChI=1S/C23H17ClN2O2S2/c24-16-10-12-17(13-11-16)30(27,28)26-22-18-7-3-5-15-6-4-8-19(21(15)18)23(22)29-20-9-1-2-14-25-20/h1-14,22-23,26H/t22-,23+/m1/s1. The van der Waals surface area contributed by atoms with Gasteiger partial charge in [0.05, 0.1) is 21.2 Å². The van der Waals surface area contributed by atoms with E-state index in [0.29, 0.717) is 5.02 Å². The molecule has 0 amide bonds. The van der Waals surface area contributed by atoms with Gasteiger partial charge in [-0.05, 0) is 58.3 Å². The summed E-state index contributed by atoms with van der Waals surface area (Å²) >= 11 is 7.50. The molecule has 0 spiro atoms. The van der Waals surface area contributed by atoms with E-state index in [-0.39, 0.29) is 10.1 Å². The highest BCUT2D eigenvalue weighted by atomic mass is 35.5. The lowest BCUT2D eigenvalue weighted by atomic mass is 10.1. The SMILES string of the molecule is O=S(=O)(N[C@@H]1c2cccc3cccc(c23)[C@@H]1Sc1ccccn1)c1ccc(Cl)cc1. The number of nitrogens with zero attached hydrogens (tertiary/aromatic N) is 1. The molecule has 0 saturated carbocycles. The van der Waals surface area contributed by atoms with E-state index in [1.165, 1.54) is 12.1 Å². The number of hydrogen-bond donors (Lipinski definition) is 1. The fourth-order valence-electron chi connectivity index (χ4n) is 3.89. The maximum absolute atomic E-state index is 13.2. The van der Waals surface area contributed by atoms with Crippen molar-refractivity contribution in [1.82, 2.24) is 9.71 Å². The molecule has 1 aromatic heterocycles. The van der Waals surface area contributed by atoms with Crippen molar-refractivity contribution >= 4 is 44.2 Å². The van der Waals surface area contributed by atoms with Gasteiger partial charge in [-0.3, -0.25) is 0 Å². The second kappa shape index (κ2) is 7.71. The van der Waals surface area contributed by atoms with Crippen LogP contribution in [0.3, 0.4) is 0 Å². The third-order valence-electron chi connectivity index (χ3n) is 5.21. The third kappa shape index (κ3) is 3.50. The Balaban J connectivity index is 1.59. The quantitative estimate of drug-likeness (QED) is 0.418. The number of hydrogen-bond acceptors (Lipinski definition) is 4. The summed E-state index contributed by atoms with van der Waals surface area (Å²) in [5.41, 5.74) is 2.09. The second-order valence-electron chi connectivity index (χ2n) is 7.05. The zero-order valence-electron chi connectivity index (χ0n) is 15.7. The fraction of sp³-hybridized carbons (Fsp3) is 0.0870. The van der Waals surface area contributed by atoms with Crippen LogP contribution < -0.4 is 4.72 Å². The summed E-state index contributed by atoms with van der Waals surface area (Å²) in [4.78, 5) is 4.63. The molecule has 0 radical (unpaired) electrons. The first-order valence-electron chi connectivity index (χ1n) is 9.40. The summed E-state index contributed by atoms with van der Waals surface area (Å²) in [6, 6.07) is 23.7. The van der Waals surface area contributed by atoms with Crippen LogP contribution in [0.15, 0.2) is 95.0 Å². The Morgan fingerprint density at radius 2 is 1.60 bits per heavy atom. The zero-order valence-corrected chi connectivity index (χ0v) is 18.1. The van der Waals surface area contributed by atoms with Gasteiger partial charge in [-0.1, -0.05) is 65.8 Å². The molecule has 3 aromatic carbocycles. The maximum Gasteiger partial charge on any atom is 0.241 e. The van der Waals surface area contributed by atoms with Crippen molar-refractivity contribution in [3.05, 3.63) is 101 Å². The largest absolute Gasteiger partial charge is 0.250 e. The number of aromatic nitrogens is 1. The second-order valence-corrected chi connectivity index (χ2v) is 10.4. The highest BCUT2D eigenvalue weighted by Gasteiger charge is 2.38. The first-order valence-corrected chi connectivity index (χ1v) is 12.1. The Morgan fingerprint density at radius 1 is 0.867 bits per heavy atom. The number of pyridine rings is 1. The molecule has 1 aliphatic rings. The molecule has 0 unspecified atom stereocenters. The van der Waals surface area contributed by atoms with E-state index in [0.717, 1.165) is 26.9 Å². The summed E-state index contributed by atoms with van der Waals surface area (Å²) in [7, 11) is -3.74. The van der Waals surface area contributed by atoms with Crippen molar-refractivity contribution in [1.29, 1.82) is 0 Å². The highest BCUT2D eigenvalue weighted by Crippen LogP contribution is 2.53. The van der Waals surface area contributed by atoms with Crippen molar-refractivity contribution in [2.24, 2.45) is 0 Å². The Bertz CT molecular complexity index is 1320. The summed E-state index contributed by atoms with van der Waals surface area (Å²) in [5.74, 6) is 0. The number of nitrogens with one attached hydrogen (secondary N) is 1. The predicted molar refractivity (Wildman–Crippen MR) is 121 cm³/mol. The van der Waals surface area contributed by atoms with Crippen LogP contribution in [0.1, 0.15) is 22.4 Å². The van der Waals surface area contributed by atoms with Crippen molar-refractivity contribution in [2.75, 3.05) is 0 Å². The molecular formula is C23H17ClN2O2S2. The van der Waals surface area contributed by atoms with Crippen LogP contribution in [0.4, 0.5) is 0 Å². The van der Waals surface area contributed by atoms with Gasteiger partial charge < -0.3 is 0 Å². The van der Waals surface area contributed by atoms with Gasteiger partial charge in [-0.15, -0.1) is 0 Å². The van der Waals surface area contributed by atoms with Crippen LogP contribution >= 0.6 is 23.4 Å². The highest BCUT2D eigenvalue weighted by molar-refractivity contribution is 7.99. The average molecular weight is 453 g/mol. The molecule has 0 fully saturated rings. The number of sulfonamides is 1. The van der Waals surface area contributed by atoms with E-state index in [4.69, 9.17) is 11.6 Å². The molecule has 1 aliphatic carbocycles. The van der Waals surface area contributed by atoms with Crippen molar-refractivity contribution in [2.45, 2.75) is 21.2 Å². The Morgan fingerprint density at radius 3 is 2.30 bits per heavy atom. The van der Waals surface area contributed by atoms with Gasteiger partial charge in [-0.25, -0.2) is 18.1 Å². The van der Waals surface area contributed by atoms with E-state index in [9.17, 15) is 8.42 Å². The molecule has 1 heterocycles. The summed E-state index contributed by atoms with van der Waals surface area (Å²) < 4.78 is 29.3. The lowest BCUT2D eigenvalue weighted by Gasteiger charge is -2.22. The molecule has 0 aliphatic heterocycles. The summed E-state index contributed by atoms with van der Waals surface area (Å²) in [6.07, 6.45) is 1.75. The normalized spacial score (nSPS) is 18.0. The molecule has 30 heavy (non-hydrogen) atoms. The molecule has 150 valence electrons. The van der Waals surface area contributed by atoms with Gasteiger partial charge in [0.2, 0.25) is 10.0 Å². The van der Waals surface area contributed by atoms with Crippen LogP contribution in [0, 0.1) is 0 Å². The van der Waals surface area contributed by atoms with Crippen LogP contribution in [0.5, 0.6) is 0 Å². The molecule has 0 bridgehead atoms. The Kier molecular flexibility index (Phi) is 5.03. The number of benzene rings is 3.